The summed E-state index contributed by atoms with van der Waals surface area (Å²) < 4.78 is 6.83. The second kappa shape index (κ2) is 6.89. The van der Waals surface area contributed by atoms with Gasteiger partial charge in [-0.05, 0) is 23.8 Å². The highest BCUT2D eigenvalue weighted by Gasteiger charge is 2.06. The summed E-state index contributed by atoms with van der Waals surface area (Å²) in [6.07, 6.45) is 1.31. The van der Waals surface area contributed by atoms with Crippen LogP contribution in [0.3, 0.4) is 0 Å². The molecule has 1 aromatic rings. The van der Waals surface area contributed by atoms with Gasteiger partial charge in [-0.25, -0.2) is 4.68 Å². The number of aromatic nitrogens is 4. The van der Waals surface area contributed by atoms with Crippen molar-refractivity contribution in [2.45, 2.75) is 32.7 Å². The third-order valence-corrected chi connectivity index (χ3v) is 2.04. The largest absolute Gasteiger partial charge is 0.481 e. The highest BCUT2D eigenvalue weighted by Crippen LogP contribution is 1.98. The molecule has 0 aliphatic rings. The number of hydrogen-bond acceptors (Lipinski definition) is 5. The van der Waals surface area contributed by atoms with Gasteiger partial charge in [0.1, 0.15) is 0 Å². The Hall–Kier alpha value is -1.50. The topological polar surface area (TPSA) is 90.1 Å². The van der Waals surface area contributed by atoms with Crippen molar-refractivity contribution in [3.63, 3.8) is 0 Å². The second-order valence-electron chi connectivity index (χ2n) is 3.26. The number of aryl methyl sites for hydroxylation is 1. The van der Waals surface area contributed by atoms with Crippen molar-refractivity contribution in [2.75, 3.05) is 13.2 Å². The zero-order valence-corrected chi connectivity index (χ0v) is 9.30. The van der Waals surface area contributed by atoms with Crippen molar-refractivity contribution >= 4 is 5.97 Å². The van der Waals surface area contributed by atoms with Crippen molar-refractivity contribution < 1.29 is 14.6 Å². The van der Waals surface area contributed by atoms with Crippen molar-refractivity contribution in [3.8, 4) is 0 Å². The quantitative estimate of drug-likeness (QED) is 0.635. The summed E-state index contributed by atoms with van der Waals surface area (Å²) in [5.41, 5.74) is 0. The molecule has 0 aliphatic heterocycles. The minimum atomic E-state index is -0.802. The van der Waals surface area contributed by atoms with E-state index in [9.17, 15) is 4.79 Å². The Kier molecular flexibility index (Phi) is 5.41. The third-order valence-electron chi connectivity index (χ3n) is 2.04. The fourth-order valence-electron chi connectivity index (χ4n) is 1.26. The van der Waals surface area contributed by atoms with Crippen LogP contribution in [-0.4, -0.2) is 44.5 Å². The minimum absolute atomic E-state index is 0.130. The van der Waals surface area contributed by atoms with Crippen LogP contribution in [0.1, 0.15) is 25.6 Å². The second-order valence-corrected chi connectivity index (χ2v) is 3.26. The van der Waals surface area contributed by atoms with Gasteiger partial charge in [0.25, 0.3) is 0 Å². The summed E-state index contributed by atoms with van der Waals surface area (Å²) in [5.74, 6) is -0.0669. The number of aliphatic carboxylic acids is 1. The van der Waals surface area contributed by atoms with E-state index in [2.05, 4.69) is 15.5 Å². The van der Waals surface area contributed by atoms with Gasteiger partial charge in [-0.1, -0.05) is 0 Å². The Bertz CT molecular complexity index is 326. The first kappa shape index (κ1) is 12.6. The zero-order chi connectivity index (χ0) is 11.8. The molecule has 0 unspecified atom stereocenters. The van der Waals surface area contributed by atoms with E-state index in [-0.39, 0.29) is 6.42 Å². The summed E-state index contributed by atoms with van der Waals surface area (Å²) in [7, 11) is 0. The van der Waals surface area contributed by atoms with Crippen LogP contribution in [0.15, 0.2) is 0 Å². The van der Waals surface area contributed by atoms with Gasteiger partial charge in [-0.15, -0.1) is 5.10 Å². The summed E-state index contributed by atoms with van der Waals surface area (Å²) in [4.78, 5) is 10.3. The van der Waals surface area contributed by atoms with Crippen LogP contribution in [0.2, 0.25) is 0 Å². The molecular weight excluding hydrogens is 212 g/mol. The monoisotopic (exact) mass is 228 g/mol. The van der Waals surface area contributed by atoms with E-state index in [0.717, 1.165) is 5.82 Å². The molecule has 0 spiro atoms. The smallest absolute Gasteiger partial charge is 0.303 e. The molecule has 7 nitrogen and oxygen atoms in total. The van der Waals surface area contributed by atoms with Crippen molar-refractivity contribution in [3.05, 3.63) is 5.82 Å². The van der Waals surface area contributed by atoms with Gasteiger partial charge in [0.05, 0.1) is 6.61 Å². The van der Waals surface area contributed by atoms with E-state index in [0.29, 0.717) is 32.6 Å². The first-order valence-corrected chi connectivity index (χ1v) is 5.28. The summed E-state index contributed by atoms with van der Waals surface area (Å²) in [5, 5.41) is 19.7. The average molecular weight is 228 g/mol. The Labute approximate surface area is 93.4 Å². The predicted molar refractivity (Wildman–Crippen MR) is 54.9 cm³/mol. The Morgan fingerprint density at radius 2 is 2.38 bits per heavy atom. The lowest BCUT2D eigenvalue weighted by Crippen LogP contribution is -2.10. The van der Waals surface area contributed by atoms with Crippen LogP contribution in [0.5, 0.6) is 0 Å². The van der Waals surface area contributed by atoms with Gasteiger partial charge < -0.3 is 9.84 Å². The fraction of sp³-hybridized carbons (Fsp3) is 0.778. The number of carbonyl (C=O) groups is 1. The molecule has 0 aromatic carbocycles. The fourth-order valence-corrected chi connectivity index (χ4v) is 1.26. The zero-order valence-electron chi connectivity index (χ0n) is 9.30. The Balaban J connectivity index is 2.34. The van der Waals surface area contributed by atoms with E-state index in [4.69, 9.17) is 9.84 Å². The summed E-state index contributed by atoms with van der Waals surface area (Å²) >= 11 is 0. The number of tetrazole rings is 1. The maximum Gasteiger partial charge on any atom is 0.303 e. The molecule has 0 atom stereocenters. The number of ether oxygens (including phenoxy) is 1. The molecule has 0 bridgehead atoms. The highest BCUT2D eigenvalue weighted by molar-refractivity contribution is 5.66. The molecule has 0 saturated heterocycles. The first-order valence-electron chi connectivity index (χ1n) is 5.28. The molecule has 16 heavy (non-hydrogen) atoms. The molecule has 0 aliphatic carbocycles. The first-order chi connectivity index (χ1) is 7.74. The van der Waals surface area contributed by atoms with Gasteiger partial charge in [-0.2, -0.15) is 0 Å². The van der Waals surface area contributed by atoms with Crippen LogP contribution in [0.4, 0.5) is 0 Å². The van der Waals surface area contributed by atoms with Gasteiger partial charge in [0, 0.05) is 26.0 Å². The number of hydrogen-bond donors (Lipinski definition) is 1. The third kappa shape index (κ3) is 4.35. The van der Waals surface area contributed by atoms with Crippen LogP contribution >= 0.6 is 0 Å². The van der Waals surface area contributed by atoms with Crippen LogP contribution in [0.25, 0.3) is 0 Å². The van der Waals surface area contributed by atoms with Crippen LogP contribution in [-0.2, 0) is 22.5 Å². The van der Waals surface area contributed by atoms with Gasteiger partial charge >= 0.3 is 5.97 Å². The van der Waals surface area contributed by atoms with Gasteiger partial charge in [0.15, 0.2) is 5.82 Å². The predicted octanol–water partition coefficient (Wildman–Crippen LogP) is 0.117. The Morgan fingerprint density at radius 1 is 1.56 bits per heavy atom. The lowest BCUT2D eigenvalue weighted by Gasteiger charge is -2.03. The SMILES string of the molecule is CCOCCc1nnnn1CCCC(=O)O. The molecule has 0 amide bonds. The molecule has 7 heteroatoms. The molecule has 1 heterocycles. The van der Waals surface area contributed by atoms with Gasteiger partial charge in [-0.3, -0.25) is 4.79 Å². The highest BCUT2D eigenvalue weighted by atomic mass is 16.5. The van der Waals surface area contributed by atoms with E-state index in [1.807, 2.05) is 6.92 Å². The van der Waals surface area contributed by atoms with Crippen LogP contribution < -0.4 is 0 Å². The molecule has 1 aromatic heterocycles. The maximum atomic E-state index is 10.3. The number of rotatable bonds is 8. The molecular formula is C9H16N4O3. The summed E-state index contributed by atoms with van der Waals surface area (Å²) in [6, 6.07) is 0. The number of carboxylic acids is 1. The Morgan fingerprint density at radius 3 is 3.06 bits per heavy atom. The van der Waals surface area contributed by atoms with E-state index < -0.39 is 5.97 Å². The van der Waals surface area contributed by atoms with E-state index in [1.54, 1.807) is 4.68 Å². The molecule has 1 N–H and O–H groups in total. The molecule has 0 fully saturated rings. The molecule has 0 radical (unpaired) electrons. The standard InChI is InChI=1S/C9H16N4O3/c1-2-16-7-5-8-10-11-12-13(8)6-3-4-9(14)15/h2-7H2,1H3,(H,14,15). The van der Waals surface area contributed by atoms with Crippen molar-refractivity contribution in [1.82, 2.24) is 20.2 Å². The van der Waals surface area contributed by atoms with Crippen molar-refractivity contribution in [1.29, 1.82) is 0 Å². The average Bonchev–Trinajstić information content (AvgIpc) is 2.66. The van der Waals surface area contributed by atoms with Gasteiger partial charge in [0.2, 0.25) is 0 Å². The van der Waals surface area contributed by atoms with E-state index >= 15 is 0 Å². The molecule has 1 rings (SSSR count). The maximum absolute atomic E-state index is 10.3. The van der Waals surface area contributed by atoms with Crippen molar-refractivity contribution in [2.24, 2.45) is 0 Å². The lowest BCUT2D eigenvalue weighted by molar-refractivity contribution is -0.137. The number of carboxylic acid groups (broad SMARTS) is 1. The lowest BCUT2D eigenvalue weighted by atomic mass is 10.3. The van der Waals surface area contributed by atoms with E-state index in [1.165, 1.54) is 0 Å². The molecule has 0 saturated carbocycles. The minimum Gasteiger partial charge on any atom is -0.481 e. The van der Waals surface area contributed by atoms with Crippen LogP contribution in [0, 0.1) is 0 Å². The summed E-state index contributed by atoms with van der Waals surface area (Å²) in [6.45, 7) is 3.70. The molecule has 90 valence electrons. The number of nitrogens with zero attached hydrogens (tertiary/aromatic N) is 4. The normalized spacial score (nSPS) is 10.6.